The van der Waals surface area contributed by atoms with Crippen LogP contribution in [-0.2, 0) is 13.6 Å². The number of para-hydroxylation sites is 2. The molecule has 1 atom stereocenters. The van der Waals surface area contributed by atoms with Crippen LogP contribution in [0.15, 0.2) is 78.9 Å². The van der Waals surface area contributed by atoms with Gasteiger partial charge in [0.05, 0.1) is 25.3 Å². The number of benzene rings is 4. The molecule has 0 saturated carbocycles. The number of aryl methyl sites for hydroxylation is 7. The van der Waals surface area contributed by atoms with Crippen molar-refractivity contribution in [1.82, 2.24) is 4.57 Å². The van der Waals surface area contributed by atoms with Crippen molar-refractivity contribution in [2.45, 2.75) is 54.1 Å². The van der Waals surface area contributed by atoms with E-state index in [0.717, 1.165) is 19.8 Å². The highest BCUT2D eigenvalue weighted by Gasteiger charge is 2.37. The molecular formula is C36H41N4+. The molecule has 1 unspecified atom stereocenters. The Morgan fingerprint density at radius 2 is 1.25 bits per heavy atom. The summed E-state index contributed by atoms with van der Waals surface area (Å²) in [6.45, 7) is 16.2. The van der Waals surface area contributed by atoms with E-state index in [1.807, 2.05) is 0 Å². The van der Waals surface area contributed by atoms with Gasteiger partial charge in [-0.1, -0.05) is 65.7 Å². The molecule has 0 spiro atoms. The Balaban J connectivity index is 1.50. The number of imidazole rings is 1. The maximum atomic E-state index is 2.67. The molecule has 204 valence electrons. The van der Waals surface area contributed by atoms with Gasteiger partial charge in [0.1, 0.15) is 6.54 Å². The molecule has 4 nitrogen and oxygen atoms in total. The monoisotopic (exact) mass is 529 g/mol. The van der Waals surface area contributed by atoms with E-state index in [4.69, 9.17) is 0 Å². The third-order valence-electron chi connectivity index (χ3n) is 8.60. The standard InChI is InChI=1S/C36H41N4/c1-24-17-26(3)34(27(4)18-24)38-21-31(40(23-38)35-28(5)19-25(2)20-29(35)6)22-39-33-16-12-11-15-32(33)37(7)36(39)30-13-9-8-10-14-30/h8-20,31H,21-23H2,1-7H3/q+1. The van der Waals surface area contributed by atoms with Gasteiger partial charge in [-0.05, 0) is 88.1 Å². The Morgan fingerprint density at radius 1 is 0.700 bits per heavy atom. The second-order valence-electron chi connectivity index (χ2n) is 11.8. The van der Waals surface area contributed by atoms with Gasteiger partial charge >= 0.3 is 0 Å². The SMILES string of the molecule is Cc1cc(C)c(N2CC(Cn3c(-c4ccccc4)[n+](C)c4ccccc43)N(c3c(C)cc(C)cc3C)C2)c(C)c1. The predicted octanol–water partition coefficient (Wildman–Crippen LogP) is 7.34. The summed E-state index contributed by atoms with van der Waals surface area (Å²) in [4.78, 5) is 5.29. The average molecular weight is 530 g/mol. The molecule has 1 fully saturated rings. The smallest absolute Gasteiger partial charge is 0.289 e. The normalized spacial score (nSPS) is 15.4. The first kappa shape index (κ1) is 26.2. The summed E-state index contributed by atoms with van der Waals surface area (Å²) in [5.74, 6) is 1.25. The van der Waals surface area contributed by atoms with Crippen LogP contribution < -0.4 is 14.4 Å². The van der Waals surface area contributed by atoms with Crippen molar-refractivity contribution in [2.24, 2.45) is 7.05 Å². The molecule has 1 aliphatic heterocycles. The third-order valence-corrected chi connectivity index (χ3v) is 8.60. The summed E-state index contributed by atoms with van der Waals surface area (Å²) < 4.78 is 4.91. The lowest BCUT2D eigenvalue weighted by Crippen LogP contribution is -2.37. The summed E-state index contributed by atoms with van der Waals surface area (Å²) >= 11 is 0. The molecule has 1 saturated heterocycles. The van der Waals surface area contributed by atoms with E-state index in [1.165, 1.54) is 67.2 Å². The van der Waals surface area contributed by atoms with Gasteiger partial charge in [-0.3, -0.25) is 0 Å². The minimum atomic E-state index is 0.304. The molecule has 0 amide bonds. The fourth-order valence-electron chi connectivity index (χ4n) is 7.30. The molecule has 5 aromatic rings. The Hall–Kier alpha value is -4.05. The van der Waals surface area contributed by atoms with Crippen LogP contribution >= 0.6 is 0 Å². The van der Waals surface area contributed by atoms with Gasteiger partial charge in [0.15, 0.2) is 11.0 Å². The van der Waals surface area contributed by atoms with Gasteiger partial charge in [0, 0.05) is 17.9 Å². The summed E-state index contributed by atoms with van der Waals surface area (Å²) in [5, 5.41) is 0. The van der Waals surface area contributed by atoms with Crippen molar-refractivity contribution >= 4 is 22.4 Å². The number of fused-ring (bicyclic) bond motifs is 1. The largest absolute Gasteiger partial charge is 0.351 e. The molecule has 1 aromatic heterocycles. The highest BCUT2D eigenvalue weighted by Crippen LogP contribution is 2.37. The molecular weight excluding hydrogens is 488 g/mol. The summed E-state index contributed by atoms with van der Waals surface area (Å²) in [6, 6.07) is 29.3. The summed E-state index contributed by atoms with van der Waals surface area (Å²) in [6.07, 6.45) is 0. The molecule has 0 bridgehead atoms. The number of anilines is 2. The fourth-order valence-corrected chi connectivity index (χ4v) is 7.30. The van der Waals surface area contributed by atoms with Gasteiger partial charge in [0.25, 0.3) is 5.82 Å². The molecule has 2 heterocycles. The van der Waals surface area contributed by atoms with Crippen LogP contribution in [-0.4, -0.2) is 23.8 Å². The minimum absolute atomic E-state index is 0.304. The maximum absolute atomic E-state index is 2.67. The zero-order valence-corrected chi connectivity index (χ0v) is 25.0. The summed E-state index contributed by atoms with van der Waals surface area (Å²) in [7, 11) is 2.20. The van der Waals surface area contributed by atoms with Crippen LogP contribution in [0.2, 0.25) is 0 Å². The van der Waals surface area contributed by atoms with Crippen LogP contribution in [0.5, 0.6) is 0 Å². The molecule has 0 radical (unpaired) electrons. The lowest BCUT2D eigenvalue weighted by molar-refractivity contribution is -0.634. The number of rotatable bonds is 5. The van der Waals surface area contributed by atoms with Crippen molar-refractivity contribution in [2.75, 3.05) is 23.0 Å². The fraction of sp³-hybridized carbons (Fsp3) is 0.306. The van der Waals surface area contributed by atoms with Crippen molar-refractivity contribution in [3.05, 3.63) is 112 Å². The number of hydrogen-bond acceptors (Lipinski definition) is 2. The first-order chi connectivity index (χ1) is 19.2. The quantitative estimate of drug-likeness (QED) is 0.221. The lowest BCUT2D eigenvalue weighted by atomic mass is 10.0. The van der Waals surface area contributed by atoms with Gasteiger partial charge in [0.2, 0.25) is 0 Å². The Bertz CT molecular complexity index is 1670. The molecule has 4 aromatic carbocycles. The predicted molar refractivity (Wildman–Crippen MR) is 168 cm³/mol. The van der Waals surface area contributed by atoms with E-state index in [0.29, 0.717) is 6.04 Å². The van der Waals surface area contributed by atoms with Gasteiger partial charge in [-0.15, -0.1) is 0 Å². The maximum Gasteiger partial charge on any atom is 0.289 e. The van der Waals surface area contributed by atoms with Gasteiger partial charge < -0.3 is 9.80 Å². The van der Waals surface area contributed by atoms with Crippen LogP contribution in [0.25, 0.3) is 22.4 Å². The lowest BCUT2D eigenvalue weighted by Gasteiger charge is -2.29. The van der Waals surface area contributed by atoms with Crippen LogP contribution in [0.1, 0.15) is 33.4 Å². The molecule has 40 heavy (non-hydrogen) atoms. The highest BCUT2D eigenvalue weighted by molar-refractivity contribution is 5.76. The van der Waals surface area contributed by atoms with Crippen molar-refractivity contribution in [3.63, 3.8) is 0 Å². The van der Waals surface area contributed by atoms with E-state index in [2.05, 4.69) is 146 Å². The van der Waals surface area contributed by atoms with Crippen molar-refractivity contribution in [3.8, 4) is 11.4 Å². The van der Waals surface area contributed by atoms with E-state index in [9.17, 15) is 0 Å². The Kier molecular flexibility index (Phi) is 6.66. The zero-order valence-electron chi connectivity index (χ0n) is 25.0. The van der Waals surface area contributed by atoms with Crippen LogP contribution in [0, 0.1) is 41.5 Å². The van der Waals surface area contributed by atoms with Crippen LogP contribution in [0.3, 0.4) is 0 Å². The third kappa shape index (κ3) is 4.46. The first-order valence-corrected chi connectivity index (χ1v) is 14.4. The van der Waals surface area contributed by atoms with E-state index in [1.54, 1.807) is 0 Å². The Labute approximate surface area is 239 Å². The first-order valence-electron chi connectivity index (χ1n) is 14.4. The summed E-state index contributed by atoms with van der Waals surface area (Å²) in [5.41, 5.74) is 14.6. The van der Waals surface area contributed by atoms with E-state index < -0.39 is 0 Å². The number of hydrogen-bond donors (Lipinski definition) is 0. The van der Waals surface area contributed by atoms with Gasteiger partial charge in [-0.25, -0.2) is 9.13 Å². The Morgan fingerprint density at radius 3 is 1.88 bits per heavy atom. The topological polar surface area (TPSA) is 15.3 Å². The second-order valence-corrected chi connectivity index (χ2v) is 11.8. The highest BCUT2D eigenvalue weighted by atomic mass is 15.4. The average Bonchev–Trinajstić information content (AvgIpc) is 3.42. The van der Waals surface area contributed by atoms with Gasteiger partial charge in [-0.2, -0.15) is 0 Å². The molecule has 0 N–H and O–H groups in total. The number of nitrogens with zero attached hydrogens (tertiary/aromatic N) is 4. The van der Waals surface area contributed by atoms with Crippen molar-refractivity contribution < 1.29 is 4.57 Å². The molecule has 6 rings (SSSR count). The van der Waals surface area contributed by atoms with Crippen LogP contribution in [0.4, 0.5) is 11.4 Å². The van der Waals surface area contributed by atoms with E-state index in [-0.39, 0.29) is 0 Å². The molecule has 0 aliphatic carbocycles. The van der Waals surface area contributed by atoms with E-state index >= 15 is 0 Å². The molecule has 1 aliphatic rings. The number of aromatic nitrogens is 2. The van der Waals surface area contributed by atoms with Crippen molar-refractivity contribution in [1.29, 1.82) is 0 Å². The zero-order chi connectivity index (χ0) is 28.1. The second kappa shape index (κ2) is 10.2. The molecule has 4 heteroatoms. The minimum Gasteiger partial charge on any atom is -0.351 e.